The highest BCUT2D eigenvalue weighted by molar-refractivity contribution is 5.93. The maximum absolute atomic E-state index is 11.0. The first-order valence-electron chi connectivity index (χ1n) is 6.78. The van der Waals surface area contributed by atoms with Gasteiger partial charge in [-0.1, -0.05) is 0 Å². The topological polar surface area (TPSA) is 49.6 Å². The zero-order valence-corrected chi connectivity index (χ0v) is 12.0. The standard InChI is InChI=1S/C15H23N3O/c1-15(2,3)18-10-8-17(9-11-18)13-6-4-12(5-7-13)14(16)19/h4-7H,8-11H2,1-3H3,(H2,16,19). The normalized spacial score (nSPS) is 17.5. The number of benzene rings is 1. The number of hydrogen-bond acceptors (Lipinski definition) is 3. The third-order valence-corrected chi connectivity index (χ3v) is 3.75. The highest BCUT2D eigenvalue weighted by Crippen LogP contribution is 2.21. The summed E-state index contributed by atoms with van der Waals surface area (Å²) >= 11 is 0. The van der Waals surface area contributed by atoms with Crippen molar-refractivity contribution in [3.05, 3.63) is 29.8 Å². The van der Waals surface area contributed by atoms with Crippen LogP contribution in [0.25, 0.3) is 0 Å². The molecule has 0 radical (unpaired) electrons. The number of primary amides is 1. The van der Waals surface area contributed by atoms with Crippen molar-refractivity contribution in [2.45, 2.75) is 26.3 Å². The molecule has 1 saturated heterocycles. The van der Waals surface area contributed by atoms with Gasteiger partial charge in [-0.3, -0.25) is 9.69 Å². The number of piperazine rings is 1. The zero-order chi connectivity index (χ0) is 14.0. The van der Waals surface area contributed by atoms with Crippen LogP contribution in [-0.2, 0) is 0 Å². The Morgan fingerprint density at radius 3 is 2.00 bits per heavy atom. The molecule has 1 aliphatic heterocycles. The number of amides is 1. The molecule has 1 aromatic rings. The Bertz CT molecular complexity index is 439. The van der Waals surface area contributed by atoms with Crippen LogP contribution in [0.1, 0.15) is 31.1 Å². The molecule has 1 aliphatic rings. The molecule has 0 unspecified atom stereocenters. The lowest BCUT2D eigenvalue weighted by atomic mass is 10.0. The van der Waals surface area contributed by atoms with Crippen LogP contribution in [0.3, 0.4) is 0 Å². The van der Waals surface area contributed by atoms with Crippen LogP contribution < -0.4 is 10.6 Å². The molecule has 0 bridgehead atoms. The van der Waals surface area contributed by atoms with Gasteiger partial charge in [0.2, 0.25) is 5.91 Å². The van der Waals surface area contributed by atoms with Crippen LogP contribution >= 0.6 is 0 Å². The number of carbonyl (C=O) groups is 1. The van der Waals surface area contributed by atoms with Gasteiger partial charge in [0.15, 0.2) is 0 Å². The number of nitrogens with zero attached hydrogens (tertiary/aromatic N) is 2. The third-order valence-electron chi connectivity index (χ3n) is 3.75. The minimum Gasteiger partial charge on any atom is -0.369 e. The van der Waals surface area contributed by atoms with Gasteiger partial charge in [-0.25, -0.2) is 0 Å². The predicted octanol–water partition coefficient (Wildman–Crippen LogP) is 1.71. The first-order valence-corrected chi connectivity index (χ1v) is 6.78. The van der Waals surface area contributed by atoms with E-state index >= 15 is 0 Å². The highest BCUT2D eigenvalue weighted by atomic mass is 16.1. The maximum Gasteiger partial charge on any atom is 0.248 e. The van der Waals surface area contributed by atoms with Crippen LogP contribution in [0.5, 0.6) is 0 Å². The van der Waals surface area contributed by atoms with Crippen LogP contribution in [0.2, 0.25) is 0 Å². The van der Waals surface area contributed by atoms with E-state index in [-0.39, 0.29) is 11.4 Å². The minimum atomic E-state index is -0.371. The molecule has 1 aromatic carbocycles. The second-order valence-electron chi connectivity index (χ2n) is 6.06. The van der Waals surface area contributed by atoms with Gasteiger partial charge in [0.05, 0.1) is 0 Å². The van der Waals surface area contributed by atoms with Gasteiger partial charge in [-0.15, -0.1) is 0 Å². The van der Waals surface area contributed by atoms with Crippen LogP contribution in [0.4, 0.5) is 5.69 Å². The van der Waals surface area contributed by atoms with Gasteiger partial charge in [0.25, 0.3) is 0 Å². The minimum absolute atomic E-state index is 0.238. The summed E-state index contributed by atoms with van der Waals surface area (Å²) in [6.45, 7) is 10.9. The molecule has 4 heteroatoms. The van der Waals surface area contributed by atoms with Crippen molar-refractivity contribution >= 4 is 11.6 Å². The van der Waals surface area contributed by atoms with Gasteiger partial charge in [-0.05, 0) is 45.0 Å². The number of nitrogens with two attached hydrogens (primary N) is 1. The van der Waals surface area contributed by atoms with Crippen LogP contribution in [0, 0.1) is 0 Å². The molecule has 0 aliphatic carbocycles. The van der Waals surface area contributed by atoms with E-state index in [4.69, 9.17) is 5.73 Å². The van der Waals surface area contributed by atoms with Crippen molar-refractivity contribution in [1.29, 1.82) is 0 Å². The summed E-state index contributed by atoms with van der Waals surface area (Å²) in [5.74, 6) is -0.371. The van der Waals surface area contributed by atoms with Crippen molar-refractivity contribution in [2.75, 3.05) is 31.1 Å². The van der Waals surface area contributed by atoms with E-state index in [1.807, 2.05) is 12.1 Å². The lowest BCUT2D eigenvalue weighted by molar-refractivity contribution is 0.1000. The molecule has 19 heavy (non-hydrogen) atoms. The Kier molecular flexibility index (Phi) is 3.80. The number of carbonyl (C=O) groups excluding carboxylic acids is 1. The molecule has 0 atom stereocenters. The first kappa shape index (κ1) is 13.9. The summed E-state index contributed by atoms with van der Waals surface area (Å²) in [5, 5.41) is 0. The second-order valence-corrected chi connectivity index (χ2v) is 6.06. The summed E-state index contributed by atoms with van der Waals surface area (Å²) in [7, 11) is 0. The van der Waals surface area contributed by atoms with Crippen molar-refractivity contribution in [1.82, 2.24) is 4.90 Å². The summed E-state index contributed by atoms with van der Waals surface area (Å²) in [5.41, 5.74) is 7.22. The van der Waals surface area contributed by atoms with Gasteiger partial charge >= 0.3 is 0 Å². The van der Waals surface area contributed by atoms with Crippen molar-refractivity contribution in [2.24, 2.45) is 5.73 Å². The van der Waals surface area contributed by atoms with Crippen molar-refractivity contribution < 1.29 is 4.79 Å². The van der Waals surface area contributed by atoms with E-state index in [1.54, 1.807) is 12.1 Å². The summed E-state index contributed by atoms with van der Waals surface area (Å²) in [6, 6.07) is 7.56. The fourth-order valence-electron chi connectivity index (χ4n) is 2.47. The van der Waals surface area contributed by atoms with Gasteiger partial charge in [-0.2, -0.15) is 0 Å². The highest BCUT2D eigenvalue weighted by Gasteiger charge is 2.25. The molecule has 1 fully saturated rings. The summed E-state index contributed by atoms with van der Waals surface area (Å²) in [6.07, 6.45) is 0. The molecule has 0 aromatic heterocycles. The Balaban J connectivity index is 2.00. The smallest absolute Gasteiger partial charge is 0.248 e. The van der Waals surface area contributed by atoms with E-state index in [0.717, 1.165) is 26.2 Å². The molecule has 1 heterocycles. The molecule has 2 rings (SSSR count). The van der Waals surface area contributed by atoms with Gasteiger partial charge < -0.3 is 10.6 Å². The average Bonchev–Trinajstić information content (AvgIpc) is 2.38. The molecule has 4 nitrogen and oxygen atoms in total. The molecular weight excluding hydrogens is 238 g/mol. The van der Waals surface area contributed by atoms with E-state index < -0.39 is 0 Å². The maximum atomic E-state index is 11.0. The lowest BCUT2D eigenvalue weighted by Gasteiger charge is -2.43. The van der Waals surface area contributed by atoms with Gasteiger partial charge in [0, 0.05) is 43.0 Å². The Hall–Kier alpha value is -1.55. The zero-order valence-electron chi connectivity index (χ0n) is 12.0. The summed E-state index contributed by atoms with van der Waals surface area (Å²) in [4.78, 5) is 15.9. The number of hydrogen-bond donors (Lipinski definition) is 1. The summed E-state index contributed by atoms with van der Waals surface area (Å²) < 4.78 is 0. The lowest BCUT2D eigenvalue weighted by Crippen LogP contribution is -2.53. The van der Waals surface area contributed by atoms with E-state index in [9.17, 15) is 4.79 Å². The molecule has 2 N–H and O–H groups in total. The van der Waals surface area contributed by atoms with Gasteiger partial charge in [0.1, 0.15) is 0 Å². The first-order chi connectivity index (χ1) is 8.88. The quantitative estimate of drug-likeness (QED) is 0.881. The van der Waals surface area contributed by atoms with Crippen LogP contribution in [-0.4, -0.2) is 42.5 Å². The fourth-order valence-corrected chi connectivity index (χ4v) is 2.47. The number of rotatable bonds is 2. The second kappa shape index (κ2) is 5.21. The van der Waals surface area contributed by atoms with E-state index in [2.05, 4.69) is 30.6 Å². The SMILES string of the molecule is CC(C)(C)N1CCN(c2ccc(C(N)=O)cc2)CC1. The van der Waals surface area contributed by atoms with Crippen molar-refractivity contribution in [3.63, 3.8) is 0 Å². The molecular formula is C15H23N3O. The molecule has 1 amide bonds. The van der Waals surface area contributed by atoms with E-state index in [0.29, 0.717) is 5.56 Å². The van der Waals surface area contributed by atoms with Crippen LogP contribution in [0.15, 0.2) is 24.3 Å². The molecule has 0 saturated carbocycles. The predicted molar refractivity (Wildman–Crippen MR) is 78.5 cm³/mol. The molecule has 0 spiro atoms. The average molecular weight is 261 g/mol. The fraction of sp³-hybridized carbons (Fsp3) is 0.533. The Morgan fingerprint density at radius 2 is 1.58 bits per heavy atom. The largest absolute Gasteiger partial charge is 0.369 e. The monoisotopic (exact) mass is 261 g/mol. The van der Waals surface area contributed by atoms with Crippen molar-refractivity contribution in [3.8, 4) is 0 Å². The Labute approximate surface area is 115 Å². The van der Waals surface area contributed by atoms with E-state index in [1.165, 1.54) is 5.69 Å². The molecule has 104 valence electrons. The third kappa shape index (κ3) is 3.26. The Morgan fingerprint density at radius 1 is 1.05 bits per heavy atom. The number of anilines is 1.